The van der Waals surface area contributed by atoms with E-state index in [2.05, 4.69) is 10.3 Å². The van der Waals surface area contributed by atoms with Crippen molar-refractivity contribution in [3.05, 3.63) is 42.1 Å². The number of carbonyl (C=O) groups excluding carboxylic acids is 1. The number of alkyl halides is 1. The van der Waals surface area contributed by atoms with Crippen molar-refractivity contribution in [3.63, 3.8) is 0 Å². The number of pyridine rings is 1. The standard InChI is InChI=1S/C15H15ClN2O/c16-10-15(7-3-8-15)18-14(19)12-6-1-4-11-5-2-9-17-13(11)12/h1-2,4-6,9H,3,7-8,10H2,(H,18,19). The van der Waals surface area contributed by atoms with Crippen LogP contribution >= 0.6 is 11.6 Å². The van der Waals surface area contributed by atoms with Crippen molar-refractivity contribution in [2.24, 2.45) is 0 Å². The largest absolute Gasteiger partial charge is 0.345 e. The number of nitrogens with one attached hydrogen (secondary N) is 1. The molecule has 0 bridgehead atoms. The minimum absolute atomic E-state index is 0.0790. The van der Waals surface area contributed by atoms with Crippen molar-refractivity contribution >= 4 is 28.4 Å². The lowest BCUT2D eigenvalue weighted by Gasteiger charge is -2.41. The van der Waals surface area contributed by atoms with E-state index in [4.69, 9.17) is 11.6 Å². The summed E-state index contributed by atoms with van der Waals surface area (Å²) in [6.07, 6.45) is 4.75. The fourth-order valence-electron chi connectivity index (χ4n) is 2.49. The van der Waals surface area contributed by atoms with Crippen molar-refractivity contribution in [3.8, 4) is 0 Å². The molecule has 3 rings (SSSR count). The van der Waals surface area contributed by atoms with Crippen LogP contribution in [0.3, 0.4) is 0 Å². The molecule has 1 aliphatic rings. The first kappa shape index (κ1) is 12.4. The first-order valence-corrected chi connectivity index (χ1v) is 7.00. The van der Waals surface area contributed by atoms with E-state index in [1.807, 2.05) is 30.3 Å². The lowest BCUT2D eigenvalue weighted by molar-refractivity contribution is 0.0855. The summed E-state index contributed by atoms with van der Waals surface area (Å²) in [4.78, 5) is 16.7. The second kappa shape index (κ2) is 4.82. The van der Waals surface area contributed by atoms with Crippen LogP contribution < -0.4 is 5.32 Å². The first-order chi connectivity index (χ1) is 9.24. The molecular formula is C15H15ClN2O. The van der Waals surface area contributed by atoms with E-state index in [0.717, 1.165) is 30.2 Å². The third kappa shape index (κ3) is 2.19. The second-order valence-electron chi connectivity index (χ2n) is 5.10. The molecule has 1 fully saturated rings. The minimum Gasteiger partial charge on any atom is -0.345 e. The smallest absolute Gasteiger partial charge is 0.253 e. The number of benzene rings is 1. The fourth-order valence-corrected chi connectivity index (χ4v) is 2.83. The summed E-state index contributed by atoms with van der Waals surface area (Å²) < 4.78 is 0. The summed E-state index contributed by atoms with van der Waals surface area (Å²) in [6.45, 7) is 0. The lowest BCUT2D eigenvalue weighted by Crippen LogP contribution is -2.55. The van der Waals surface area contributed by atoms with E-state index in [9.17, 15) is 4.79 Å². The van der Waals surface area contributed by atoms with Crippen LogP contribution in [0.1, 0.15) is 29.6 Å². The van der Waals surface area contributed by atoms with Crippen molar-refractivity contribution in [1.82, 2.24) is 10.3 Å². The average molecular weight is 275 g/mol. The zero-order valence-corrected chi connectivity index (χ0v) is 11.3. The van der Waals surface area contributed by atoms with Crippen LogP contribution in [0.2, 0.25) is 0 Å². The van der Waals surface area contributed by atoms with Gasteiger partial charge in [0.1, 0.15) is 0 Å². The molecule has 0 unspecified atom stereocenters. The summed E-state index contributed by atoms with van der Waals surface area (Å²) in [5.41, 5.74) is 1.15. The van der Waals surface area contributed by atoms with Crippen LogP contribution in [-0.4, -0.2) is 22.3 Å². The summed E-state index contributed by atoms with van der Waals surface area (Å²) >= 11 is 5.98. The summed E-state index contributed by atoms with van der Waals surface area (Å²) in [7, 11) is 0. The third-order valence-electron chi connectivity index (χ3n) is 3.82. The molecule has 1 aliphatic carbocycles. The molecule has 0 spiro atoms. The van der Waals surface area contributed by atoms with Crippen molar-refractivity contribution in [1.29, 1.82) is 0 Å². The van der Waals surface area contributed by atoms with Crippen LogP contribution in [-0.2, 0) is 0 Å². The number of aromatic nitrogens is 1. The molecule has 0 radical (unpaired) electrons. The molecule has 1 aromatic heterocycles. The van der Waals surface area contributed by atoms with Crippen molar-refractivity contribution < 1.29 is 4.79 Å². The van der Waals surface area contributed by atoms with Crippen LogP contribution in [0.25, 0.3) is 10.9 Å². The molecule has 1 heterocycles. The van der Waals surface area contributed by atoms with Crippen LogP contribution in [0.15, 0.2) is 36.5 Å². The van der Waals surface area contributed by atoms with Crippen molar-refractivity contribution in [2.75, 3.05) is 5.88 Å². The maximum Gasteiger partial charge on any atom is 0.253 e. The highest BCUT2D eigenvalue weighted by molar-refractivity contribution is 6.19. The van der Waals surface area contributed by atoms with Gasteiger partial charge in [0.15, 0.2) is 0 Å². The summed E-state index contributed by atoms with van der Waals surface area (Å²) in [6, 6.07) is 9.48. The predicted molar refractivity (Wildman–Crippen MR) is 76.5 cm³/mol. The highest BCUT2D eigenvalue weighted by atomic mass is 35.5. The molecule has 1 N–H and O–H groups in total. The number of fused-ring (bicyclic) bond motifs is 1. The fraction of sp³-hybridized carbons (Fsp3) is 0.333. The maximum absolute atomic E-state index is 12.4. The number of hydrogen-bond acceptors (Lipinski definition) is 2. The Morgan fingerprint density at radius 1 is 1.32 bits per heavy atom. The van der Waals surface area contributed by atoms with E-state index < -0.39 is 0 Å². The minimum atomic E-state index is -0.213. The highest BCUT2D eigenvalue weighted by Crippen LogP contribution is 2.33. The Labute approximate surface area is 117 Å². The van der Waals surface area contributed by atoms with E-state index in [1.165, 1.54) is 0 Å². The van der Waals surface area contributed by atoms with Gasteiger partial charge in [-0.3, -0.25) is 9.78 Å². The molecular weight excluding hydrogens is 260 g/mol. The van der Waals surface area contributed by atoms with Crippen LogP contribution in [0, 0.1) is 0 Å². The van der Waals surface area contributed by atoms with Gasteiger partial charge in [0.05, 0.1) is 16.6 Å². The molecule has 3 nitrogen and oxygen atoms in total. The normalized spacial score (nSPS) is 16.9. The monoisotopic (exact) mass is 274 g/mol. The number of rotatable bonds is 3. The molecule has 0 atom stereocenters. The van der Waals surface area contributed by atoms with Gasteiger partial charge in [-0.2, -0.15) is 0 Å². The van der Waals surface area contributed by atoms with E-state index in [-0.39, 0.29) is 11.4 Å². The molecule has 1 amide bonds. The quantitative estimate of drug-likeness (QED) is 0.874. The Morgan fingerprint density at radius 2 is 2.11 bits per heavy atom. The molecule has 1 aromatic carbocycles. The van der Waals surface area contributed by atoms with Crippen molar-refractivity contribution in [2.45, 2.75) is 24.8 Å². The highest BCUT2D eigenvalue weighted by Gasteiger charge is 2.37. The molecule has 98 valence electrons. The Balaban J connectivity index is 1.93. The van der Waals surface area contributed by atoms with Gasteiger partial charge in [-0.05, 0) is 31.4 Å². The number of nitrogens with zero attached hydrogens (tertiary/aromatic N) is 1. The Kier molecular flexibility index (Phi) is 3.15. The first-order valence-electron chi connectivity index (χ1n) is 6.46. The lowest BCUT2D eigenvalue weighted by atomic mass is 9.78. The number of hydrogen-bond donors (Lipinski definition) is 1. The van der Waals surface area contributed by atoms with Gasteiger partial charge in [0.2, 0.25) is 0 Å². The Morgan fingerprint density at radius 3 is 2.79 bits per heavy atom. The molecule has 0 aliphatic heterocycles. The summed E-state index contributed by atoms with van der Waals surface area (Å²) in [5, 5.41) is 4.05. The van der Waals surface area contributed by atoms with E-state index in [1.54, 1.807) is 6.20 Å². The Hall–Kier alpha value is -1.61. The molecule has 1 saturated carbocycles. The van der Waals surface area contributed by atoms with Gasteiger partial charge in [-0.25, -0.2) is 0 Å². The molecule has 19 heavy (non-hydrogen) atoms. The number of halogens is 1. The van der Waals surface area contributed by atoms with Gasteiger partial charge in [-0.1, -0.05) is 18.2 Å². The second-order valence-corrected chi connectivity index (χ2v) is 5.37. The van der Waals surface area contributed by atoms with E-state index in [0.29, 0.717) is 11.4 Å². The molecule has 2 aromatic rings. The summed E-state index contributed by atoms with van der Waals surface area (Å²) in [5.74, 6) is 0.390. The van der Waals surface area contributed by atoms with Gasteiger partial charge in [0.25, 0.3) is 5.91 Å². The van der Waals surface area contributed by atoms with Crippen LogP contribution in [0.4, 0.5) is 0 Å². The third-order valence-corrected chi connectivity index (χ3v) is 4.33. The number of para-hydroxylation sites is 1. The van der Waals surface area contributed by atoms with Gasteiger partial charge >= 0.3 is 0 Å². The average Bonchev–Trinajstić information content (AvgIpc) is 2.42. The van der Waals surface area contributed by atoms with Crippen LogP contribution in [0.5, 0.6) is 0 Å². The SMILES string of the molecule is O=C(NC1(CCl)CCC1)c1cccc2cccnc12. The molecule has 4 heteroatoms. The van der Waals surface area contributed by atoms with Gasteiger partial charge < -0.3 is 5.32 Å². The zero-order chi connectivity index (χ0) is 13.3. The number of carbonyl (C=O) groups is 1. The Bertz CT molecular complexity index is 612. The molecule has 0 saturated heterocycles. The van der Waals surface area contributed by atoms with Gasteiger partial charge in [-0.15, -0.1) is 11.6 Å². The predicted octanol–water partition coefficient (Wildman–Crippen LogP) is 3.13. The zero-order valence-electron chi connectivity index (χ0n) is 10.5. The number of amides is 1. The topological polar surface area (TPSA) is 42.0 Å². The van der Waals surface area contributed by atoms with Gasteiger partial charge in [0, 0.05) is 17.5 Å². The van der Waals surface area contributed by atoms with E-state index >= 15 is 0 Å². The maximum atomic E-state index is 12.4.